The number of anilines is 3. The molecule has 0 aliphatic heterocycles. The Hall–Kier alpha value is -2.22. The molecule has 98 valence electrons. The summed E-state index contributed by atoms with van der Waals surface area (Å²) in [5, 5.41) is 4.12. The molecule has 4 N–H and O–H groups in total. The van der Waals surface area contributed by atoms with Gasteiger partial charge in [0.1, 0.15) is 5.69 Å². The van der Waals surface area contributed by atoms with Crippen molar-refractivity contribution in [3.8, 4) is 0 Å². The zero-order valence-electron chi connectivity index (χ0n) is 9.82. The number of nitroso groups, excluding NO2 is 1. The van der Waals surface area contributed by atoms with Crippen LogP contribution in [0.15, 0.2) is 40.2 Å². The molecule has 0 spiro atoms. The molecule has 1 heterocycles. The molecule has 0 amide bonds. The minimum Gasteiger partial charge on any atom is -0.382 e. The lowest BCUT2D eigenvalue weighted by Crippen LogP contribution is -2.17. The van der Waals surface area contributed by atoms with Crippen molar-refractivity contribution in [3.05, 3.63) is 45.4 Å². The second-order valence-corrected chi connectivity index (χ2v) is 4.68. The van der Waals surface area contributed by atoms with E-state index in [9.17, 15) is 4.91 Å². The van der Waals surface area contributed by atoms with E-state index in [0.717, 1.165) is 10.0 Å². The Balaban J connectivity index is 2.25. The molecule has 0 saturated heterocycles. The highest BCUT2D eigenvalue weighted by Gasteiger charge is 2.13. The van der Waals surface area contributed by atoms with Crippen LogP contribution in [0.2, 0.25) is 0 Å². The molecule has 8 heteroatoms. The lowest BCUT2D eigenvalue weighted by atomic mass is 10.2. The average Bonchev–Trinajstić information content (AvgIpc) is 2.39. The van der Waals surface area contributed by atoms with Gasteiger partial charge in [-0.3, -0.25) is 0 Å². The molecular weight excluding hydrogens is 312 g/mol. The van der Waals surface area contributed by atoms with E-state index in [2.05, 4.69) is 31.2 Å². The summed E-state index contributed by atoms with van der Waals surface area (Å²) in [6, 6.07) is 7.50. The third kappa shape index (κ3) is 3.16. The Kier molecular flexibility index (Phi) is 3.91. The SMILES string of the molecule is Nc1ncc(N(Cc2ccc(Br)cc2)N=O)c(N)n1. The molecule has 0 bridgehead atoms. The second-order valence-electron chi connectivity index (χ2n) is 3.76. The molecule has 19 heavy (non-hydrogen) atoms. The highest BCUT2D eigenvalue weighted by Crippen LogP contribution is 2.23. The van der Waals surface area contributed by atoms with Gasteiger partial charge in [-0.1, -0.05) is 28.1 Å². The number of nitrogens with two attached hydrogens (primary N) is 2. The van der Waals surface area contributed by atoms with Gasteiger partial charge in [0.25, 0.3) is 0 Å². The van der Waals surface area contributed by atoms with Gasteiger partial charge >= 0.3 is 0 Å². The maximum atomic E-state index is 10.9. The molecular formula is C11H11BrN6O. The third-order valence-electron chi connectivity index (χ3n) is 2.44. The first kappa shape index (κ1) is 13.2. The number of hydrogen-bond acceptors (Lipinski definition) is 6. The molecule has 2 aromatic rings. The normalized spacial score (nSPS) is 10.2. The zero-order chi connectivity index (χ0) is 13.8. The quantitative estimate of drug-likeness (QED) is 0.658. The van der Waals surface area contributed by atoms with Gasteiger partial charge in [-0.25, -0.2) is 9.99 Å². The number of benzene rings is 1. The standard InChI is InChI=1S/C11H11BrN6O/c12-8-3-1-7(2-4-8)6-18(17-19)9-5-15-11(14)16-10(9)13/h1-5H,6H2,(H4,13,14,15,16). The maximum Gasteiger partial charge on any atom is 0.222 e. The predicted molar refractivity (Wildman–Crippen MR) is 77.0 cm³/mol. The Morgan fingerprint density at radius 2 is 1.95 bits per heavy atom. The summed E-state index contributed by atoms with van der Waals surface area (Å²) in [7, 11) is 0. The summed E-state index contributed by atoms with van der Waals surface area (Å²) in [4.78, 5) is 18.5. The summed E-state index contributed by atoms with van der Waals surface area (Å²) in [5.41, 5.74) is 12.3. The van der Waals surface area contributed by atoms with Crippen LogP contribution in [-0.4, -0.2) is 9.97 Å². The van der Waals surface area contributed by atoms with Crippen molar-refractivity contribution in [1.82, 2.24) is 9.97 Å². The van der Waals surface area contributed by atoms with E-state index in [1.807, 2.05) is 24.3 Å². The Labute approximate surface area is 117 Å². The molecule has 1 aromatic heterocycles. The summed E-state index contributed by atoms with van der Waals surface area (Å²) >= 11 is 3.34. The molecule has 0 aliphatic carbocycles. The van der Waals surface area contributed by atoms with E-state index in [1.165, 1.54) is 11.2 Å². The van der Waals surface area contributed by atoms with Crippen molar-refractivity contribution in [2.24, 2.45) is 5.29 Å². The minimum absolute atomic E-state index is 0.0516. The summed E-state index contributed by atoms with van der Waals surface area (Å²) in [6.07, 6.45) is 1.37. The van der Waals surface area contributed by atoms with Crippen LogP contribution in [0.25, 0.3) is 0 Å². The summed E-state index contributed by atoms with van der Waals surface area (Å²) < 4.78 is 0.956. The van der Waals surface area contributed by atoms with Crippen molar-refractivity contribution in [2.75, 3.05) is 16.5 Å². The van der Waals surface area contributed by atoms with Crippen molar-refractivity contribution >= 4 is 33.4 Å². The van der Waals surface area contributed by atoms with E-state index in [0.29, 0.717) is 5.69 Å². The van der Waals surface area contributed by atoms with Gasteiger partial charge in [-0.15, -0.1) is 4.91 Å². The Morgan fingerprint density at radius 1 is 1.26 bits per heavy atom. The monoisotopic (exact) mass is 322 g/mol. The zero-order valence-corrected chi connectivity index (χ0v) is 11.4. The molecule has 0 fully saturated rings. The molecule has 1 aromatic carbocycles. The predicted octanol–water partition coefficient (Wildman–Crippen LogP) is 2.09. The van der Waals surface area contributed by atoms with Crippen LogP contribution in [0, 0.1) is 4.91 Å². The Bertz CT molecular complexity index is 588. The summed E-state index contributed by atoms with van der Waals surface area (Å²) in [6.45, 7) is 0.272. The van der Waals surface area contributed by atoms with Crippen molar-refractivity contribution in [1.29, 1.82) is 0 Å². The van der Waals surface area contributed by atoms with Gasteiger partial charge < -0.3 is 11.5 Å². The van der Waals surface area contributed by atoms with Crippen LogP contribution in [-0.2, 0) is 6.54 Å². The number of halogens is 1. The number of hydrogen-bond donors (Lipinski definition) is 2. The van der Waals surface area contributed by atoms with Crippen LogP contribution in [0.5, 0.6) is 0 Å². The molecule has 0 radical (unpaired) electrons. The van der Waals surface area contributed by atoms with Crippen LogP contribution in [0.1, 0.15) is 5.56 Å². The van der Waals surface area contributed by atoms with E-state index in [-0.39, 0.29) is 18.3 Å². The van der Waals surface area contributed by atoms with Gasteiger partial charge in [-0.05, 0) is 17.7 Å². The maximum absolute atomic E-state index is 10.9. The van der Waals surface area contributed by atoms with Crippen LogP contribution < -0.4 is 16.5 Å². The van der Waals surface area contributed by atoms with Crippen LogP contribution in [0.4, 0.5) is 17.5 Å². The first-order valence-electron chi connectivity index (χ1n) is 5.33. The second kappa shape index (κ2) is 5.61. The van der Waals surface area contributed by atoms with Gasteiger partial charge in [-0.2, -0.15) is 4.98 Å². The summed E-state index contributed by atoms with van der Waals surface area (Å²) in [5.74, 6) is 0.167. The topological polar surface area (TPSA) is 110 Å². The van der Waals surface area contributed by atoms with Crippen molar-refractivity contribution in [2.45, 2.75) is 6.54 Å². The number of nitrogen functional groups attached to an aromatic ring is 2. The smallest absolute Gasteiger partial charge is 0.222 e. The van der Waals surface area contributed by atoms with Crippen LogP contribution >= 0.6 is 15.9 Å². The van der Waals surface area contributed by atoms with Crippen molar-refractivity contribution < 1.29 is 0 Å². The first-order valence-corrected chi connectivity index (χ1v) is 6.12. The van der Waals surface area contributed by atoms with E-state index in [4.69, 9.17) is 11.5 Å². The molecule has 0 saturated carbocycles. The largest absolute Gasteiger partial charge is 0.382 e. The van der Waals surface area contributed by atoms with Crippen molar-refractivity contribution in [3.63, 3.8) is 0 Å². The van der Waals surface area contributed by atoms with Crippen LogP contribution in [0.3, 0.4) is 0 Å². The highest BCUT2D eigenvalue weighted by molar-refractivity contribution is 9.10. The third-order valence-corrected chi connectivity index (χ3v) is 2.97. The molecule has 0 aliphatic rings. The minimum atomic E-state index is 0.0516. The molecule has 0 atom stereocenters. The van der Waals surface area contributed by atoms with E-state index in [1.54, 1.807) is 0 Å². The van der Waals surface area contributed by atoms with Gasteiger partial charge in [0.2, 0.25) is 5.95 Å². The fourth-order valence-corrected chi connectivity index (χ4v) is 1.79. The first-order chi connectivity index (χ1) is 9.10. The highest BCUT2D eigenvalue weighted by atomic mass is 79.9. The van der Waals surface area contributed by atoms with E-state index < -0.39 is 0 Å². The van der Waals surface area contributed by atoms with Gasteiger partial charge in [0.05, 0.1) is 18.0 Å². The molecule has 2 rings (SSSR count). The molecule has 7 nitrogen and oxygen atoms in total. The number of aromatic nitrogens is 2. The fourth-order valence-electron chi connectivity index (χ4n) is 1.52. The number of rotatable bonds is 4. The average molecular weight is 323 g/mol. The number of nitrogens with zero attached hydrogens (tertiary/aromatic N) is 4. The lowest BCUT2D eigenvalue weighted by Gasteiger charge is -2.16. The van der Waals surface area contributed by atoms with Gasteiger partial charge in [0, 0.05) is 4.47 Å². The lowest BCUT2D eigenvalue weighted by molar-refractivity contribution is 0.841. The van der Waals surface area contributed by atoms with E-state index >= 15 is 0 Å². The molecule has 0 unspecified atom stereocenters. The fraction of sp³-hybridized carbons (Fsp3) is 0.0909. The van der Waals surface area contributed by atoms with Gasteiger partial charge in [0.15, 0.2) is 5.82 Å². The Morgan fingerprint density at radius 3 is 2.53 bits per heavy atom.